The lowest BCUT2D eigenvalue weighted by Crippen LogP contribution is -2.44. The van der Waals surface area contributed by atoms with Gasteiger partial charge in [-0.2, -0.15) is 0 Å². The number of hydrogen-bond donors (Lipinski definition) is 0. The fourth-order valence-corrected chi connectivity index (χ4v) is 5.91. The predicted molar refractivity (Wildman–Crippen MR) is 104 cm³/mol. The molecule has 28 heavy (non-hydrogen) atoms. The minimum Gasteiger partial charge on any atom is -0.377 e. The number of halogens is 3. The van der Waals surface area contributed by atoms with E-state index in [1.165, 1.54) is 6.07 Å². The molecule has 0 unspecified atom stereocenters. The molecule has 0 spiro atoms. The lowest BCUT2D eigenvalue weighted by Gasteiger charge is -2.34. The van der Waals surface area contributed by atoms with Crippen LogP contribution in [0, 0.1) is 5.82 Å². The Labute approximate surface area is 172 Å². The first kappa shape index (κ1) is 19.8. The molecular formula is C18H18Cl2FN3O3S. The molecule has 10 heteroatoms. The van der Waals surface area contributed by atoms with Crippen LogP contribution in [0.3, 0.4) is 0 Å². The fourth-order valence-electron chi connectivity index (χ4n) is 3.50. The number of benzene rings is 1. The molecule has 1 saturated carbocycles. The van der Waals surface area contributed by atoms with E-state index in [1.807, 2.05) is 11.8 Å². The minimum absolute atomic E-state index is 0.00944. The topological polar surface area (TPSA) is 72.4 Å². The zero-order valence-electron chi connectivity index (χ0n) is 15.0. The zero-order chi connectivity index (χ0) is 20.1. The Morgan fingerprint density at radius 2 is 2.00 bits per heavy atom. The van der Waals surface area contributed by atoms with E-state index in [-0.39, 0.29) is 21.2 Å². The van der Waals surface area contributed by atoms with Crippen molar-refractivity contribution in [3.05, 3.63) is 46.1 Å². The molecule has 2 aliphatic rings. The SMILES string of the molecule is C[C@H]1COCCN1c1cc(C2(S(=O)(=O)c3ccc(F)c(Cl)c3)CC2)nc(Cl)n1. The first-order chi connectivity index (χ1) is 13.2. The maximum atomic E-state index is 13.5. The Morgan fingerprint density at radius 3 is 2.64 bits per heavy atom. The lowest BCUT2D eigenvalue weighted by atomic mass is 10.2. The molecule has 6 nitrogen and oxygen atoms in total. The Bertz CT molecular complexity index is 1030. The van der Waals surface area contributed by atoms with E-state index in [1.54, 1.807) is 6.07 Å². The highest BCUT2D eigenvalue weighted by atomic mass is 35.5. The van der Waals surface area contributed by atoms with E-state index in [4.69, 9.17) is 27.9 Å². The van der Waals surface area contributed by atoms with Gasteiger partial charge in [-0.1, -0.05) is 11.6 Å². The average molecular weight is 446 g/mol. The molecule has 0 N–H and O–H groups in total. The molecule has 4 rings (SSSR count). The summed E-state index contributed by atoms with van der Waals surface area (Å²) in [6, 6.07) is 5.18. The van der Waals surface area contributed by atoms with Gasteiger partial charge in [0.25, 0.3) is 0 Å². The number of hydrogen-bond acceptors (Lipinski definition) is 6. The van der Waals surface area contributed by atoms with Gasteiger partial charge in [0, 0.05) is 12.6 Å². The van der Waals surface area contributed by atoms with Crippen LogP contribution in [0.15, 0.2) is 29.2 Å². The second-order valence-electron chi connectivity index (χ2n) is 7.07. The van der Waals surface area contributed by atoms with Gasteiger partial charge in [-0.3, -0.25) is 0 Å². The summed E-state index contributed by atoms with van der Waals surface area (Å²) in [7, 11) is -3.84. The molecule has 1 aliphatic carbocycles. The minimum atomic E-state index is -3.84. The third-order valence-corrected chi connectivity index (χ3v) is 8.21. The van der Waals surface area contributed by atoms with Crippen LogP contribution in [0.1, 0.15) is 25.5 Å². The molecule has 1 atom stereocenters. The summed E-state index contributed by atoms with van der Waals surface area (Å²) in [5.41, 5.74) is 0.349. The zero-order valence-corrected chi connectivity index (χ0v) is 17.4. The van der Waals surface area contributed by atoms with Crippen molar-refractivity contribution in [1.82, 2.24) is 9.97 Å². The van der Waals surface area contributed by atoms with Crippen LogP contribution in [-0.2, 0) is 19.3 Å². The molecular weight excluding hydrogens is 428 g/mol. The number of sulfone groups is 1. The Morgan fingerprint density at radius 1 is 1.25 bits per heavy atom. The predicted octanol–water partition coefficient (Wildman–Crippen LogP) is 3.61. The summed E-state index contributed by atoms with van der Waals surface area (Å²) in [5, 5.41) is -0.245. The van der Waals surface area contributed by atoms with Crippen LogP contribution in [0.4, 0.5) is 10.2 Å². The van der Waals surface area contributed by atoms with Crippen LogP contribution in [0.25, 0.3) is 0 Å². The van der Waals surface area contributed by atoms with Crippen LogP contribution >= 0.6 is 23.2 Å². The summed E-state index contributed by atoms with van der Waals surface area (Å²) in [5.74, 6) is -0.0939. The fraction of sp³-hybridized carbons (Fsp3) is 0.444. The van der Waals surface area contributed by atoms with Crippen molar-refractivity contribution in [3.8, 4) is 0 Å². The van der Waals surface area contributed by atoms with E-state index in [9.17, 15) is 12.8 Å². The number of aromatic nitrogens is 2. The maximum Gasteiger partial charge on any atom is 0.224 e. The van der Waals surface area contributed by atoms with E-state index in [2.05, 4.69) is 9.97 Å². The van der Waals surface area contributed by atoms with Crippen molar-refractivity contribution in [3.63, 3.8) is 0 Å². The van der Waals surface area contributed by atoms with Crippen LogP contribution in [0.2, 0.25) is 10.3 Å². The second kappa shape index (κ2) is 7.09. The first-order valence-corrected chi connectivity index (χ1v) is 11.1. The third kappa shape index (κ3) is 3.26. The van der Waals surface area contributed by atoms with Gasteiger partial charge < -0.3 is 9.64 Å². The standard InChI is InChI=1S/C18H18Cl2FN3O3S/c1-11-10-27-7-6-24(11)16-9-15(22-17(20)23-16)18(4-5-18)28(25,26)12-2-3-14(21)13(19)8-12/h2-3,8-9,11H,4-7,10H2,1H3/t11-/m0/s1. The summed E-state index contributed by atoms with van der Waals surface area (Å²) in [6.45, 7) is 3.73. The van der Waals surface area contributed by atoms with Crippen molar-refractivity contribution >= 4 is 38.9 Å². The van der Waals surface area contributed by atoms with Gasteiger partial charge in [0.15, 0.2) is 9.84 Å². The Kier molecular flexibility index (Phi) is 5.02. The summed E-state index contributed by atoms with van der Waals surface area (Å²) in [4.78, 5) is 10.5. The number of ether oxygens (including phenoxy) is 1. The molecule has 0 amide bonds. The smallest absolute Gasteiger partial charge is 0.224 e. The summed E-state index contributed by atoms with van der Waals surface area (Å²) in [6.07, 6.45) is 0.797. The van der Waals surface area contributed by atoms with Gasteiger partial charge >= 0.3 is 0 Å². The van der Waals surface area contributed by atoms with Gasteiger partial charge in [0.1, 0.15) is 16.4 Å². The first-order valence-electron chi connectivity index (χ1n) is 8.84. The quantitative estimate of drug-likeness (QED) is 0.528. The Balaban J connectivity index is 1.76. The highest BCUT2D eigenvalue weighted by Gasteiger charge is 2.58. The number of rotatable bonds is 4. The van der Waals surface area contributed by atoms with Crippen LogP contribution in [-0.4, -0.2) is 44.2 Å². The number of nitrogens with zero attached hydrogens (tertiary/aromatic N) is 3. The normalized spacial score (nSPS) is 21.6. The van der Waals surface area contributed by atoms with Crippen LogP contribution in [0.5, 0.6) is 0 Å². The molecule has 2 heterocycles. The largest absolute Gasteiger partial charge is 0.377 e. The van der Waals surface area contributed by atoms with Crippen molar-refractivity contribution in [2.75, 3.05) is 24.7 Å². The van der Waals surface area contributed by atoms with Crippen molar-refractivity contribution < 1.29 is 17.5 Å². The molecule has 0 bridgehead atoms. The molecule has 1 aliphatic heterocycles. The van der Waals surface area contributed by atoms with E-state index >= 15 is 0 Å². The van der Waals surface area contributed by atoms with Crippen molar-refractivity contribution in [2.24, 2.45) is 0 Å². The molecule has 1 aromatic heterocycles. The van der Waals surface area contributed by atoms with Gasteiger partial charge in [0.2, 0.25) is 5.28 Å². The molecule has 2 fully saturated rings. The molecule has 2 aromatic rings. The Hall–Kier alpha value is -1.48. The molecule has 150 valence electrons. The lowest BCUT2D eigenvalue weighted by molar-refractivity contribution is 0.0985. The van der Waals surface area contributed by atoms with E-state index < -0.39 is 20.4 Å². The summed E-state index contributed by atoms with van der Waals surface area (Å²) < 4.78 is 44.4. The van der Waals surface area contributed by atoms with Gasteiger partial charge in [-0.25, -0.2) is 22.8 Å². The highest BCUT2D eigenvalue weighted by molar-refractivity contribution is 7.92. The van der Waals surface area contributed by atoms with Crippen LogP contribution < -0.4 is 4.90 Å². The average Bonchev–Trinajstić information content (AvgIpc) is 3.46. The maximum absolute atomic E-state index is 13.5. The van der Waals surface area contributed by atoms with Gasteiger partial charge in [-0.15, -0.1) is 0 Å². The molecule has 0 radical (unpaired) electrons. The molecule has 1 aromatic carbocycles. The van der Waals surface area contributed by atoms with Gasteiger partial charge in [-0.05, 0) is 49.6 Å². The van der Waals surface area contributed by atoms with E-state index in [0.717, 1.165) is 12.1 Å². The van der Waals surface area contributed by atoms with Crippen molar-refractivity contribution in [1.29, 1.82) is 0 Å². The molecule has 1 saturated heterocycles. The van der Waals surface area contributed by atoms with Gasteiger partial charge in [0.05, 0.1) is 34.9 Å². The number of anilines is 1. The number of morpholine rings is 1. The second-order valence-corrected chi connectivity index (χ2v) is 10.1. The third-order valence-electron chi connectivity index (χ3n) is 5.23. The van der Waals surface area contributed by atoms with Crippen molar-refractivity contribution in [2.45, 2.75) is 35.4 Å². The summed E-state index contributed by atoms with van der Waals surface area (Å²) >= 11 is 11.9. The van der Waals surface area contributed by atoms with E-state index in [0.29, 0.717) is 44.1 Å². The highest BCUT2D eigenvalue weighted by Crippen LogP contribution is 2.55. The monoisotopic (exact) mass is 445 g/mol.